The highest BCUT2D eigenvalue weighted by Crippen LogP contribution is 2.14. The molecule has 0 fully saturated rings. The van der Waals surface area contributed by atoms with Gasteiger partial charge in [0.15, 0.2) is 0 Å². The van der Waals surface area contributed by atoms with Gasteiger partial charge in [-0.2, -0.15) is 0 Å². The van der Waals surface area contributed by atoms with E-state index in [2.05, 4.69) is 23.3 Å². The molecule has 1 N–H and O–H groups in total. The van der Waals surface area contributed by atoms with Crippen molar-refractivity contribution in [1.82, 2.24) is 9.78 Å². The summed E-state index contributed by atoms with van der Waals surface area (Å²) in [5.41, 5.74) is 2.21. The van der Waals surface area contributed by atoms with Crippen molar-refractivity contribution in [1.29, 1.82) is 0 Å². The van der Waals surface area contributed by atoms with Crippen LogP contribution in [0.5, 0.6) is 0 Å². The zero-order chi connectivity index (χ0) is 11.7. The fraction of sp³-hybridized carbons (Fsp3) is 0.214. The maximum atomic E-state index is 11.7. The largest absolute Gasteiger partial charge is 0.280 e. The summed E-state index contributed by atoms with van der Waals surface area (Å²) in [5.74, 6) is 0. The lowest BCUT2D eigenvalue weighted by Crippen LogP contribution is -2.07. The molecule has 0 atom stereocenters. The van der Waals surface area contributed by atoms with Gasteiger partial charge in [0, 0.05) is 0 Å². The number of fused-ring (bicyclic) bond motifs is 1. The van der Waals surface area contributed by atoms with Crippen LogP contribution in [0.3, 0.4) is 0 Å². The Kier molecular flexibility index (Phi) is 2.44. The highest BCUT2D eigenvalue weighted by molar-refractivity contribution is 5.78. The van der Waals surface area contributed by atoms with Crippen LogP contribution in [0.1, 0.15) is 12.8 Å². The quantitative estimate of drug-likeness (QED) is 0.839. The predicted octanol–water partition coefficient (Wildman–Crippen LogP) is 2.61. The molecular formula is C14H14N2O. The molecule has 2 aromatic rings. The van der Waals surface area contributed by atoms with Gasteiger partial charge in [-0.25, -0.2) is 0 Å². The third-order valence-electron chi connectivity index (χ3n) is 3.09. The third kappa shape index (κ3) is 1.84. The number of aromatic nitrogens is 2. The van der Waals surface area contributed by atoms with Gasteiger partial charge in [0.1, 0.15) is 0 Å². The number of hydrogen-bond donors (Lipinski definition) is 1. The van der Waals surface area contributed by atoms with E-state index in [0.29, 0.717) is 0 Å². The molecule has 0 aliphatic heterocycles. The summed E-state index contributed by atoms with van der Waals surface area (Å²) in [7, 11) is 0. The van der Waals surface area contributed by atoms with Crippen LogP contribution in [0, 0.1) is 0 Å². The lowest BCUT2D eigenvalue weighted by Gasteiger charge is -2.08. The molecule has 1 aliphatic carbocycles. The minimum atomic E-state index is -0.0130. The van der Waals surface area contributed by atoms with E-state index >= 15 is 0 Å². The molecule has 17 heavy (non-hydrogen) atoms. The number of para-hydroxylation sites is 1. The second kappa shape index (κ2) is 4.09. The summed E-state index contributed by atoms with van der Waals surface area (Å²) < 4.78 is 1.92. The number of rotatable bonds is 2. The normalized spacial score (nSPS) is 15.2. The van der Waals surface area contributed by atoms with Crippen molar-refractivity contribution in [3.05, 3.63) is 58.4 Å². The van der Waals surface area contributed by atoms with Gasteiger partial charge < -0.3 is 0 Å². The van der Waals surface area contributed by atoms with Crippen molar-refractivity contribution in [3.8, 4) is 0 Å². The SMILES string of the molecule is O=c1[nH]n(CC2=CCCC=C2)c2ccccc12. The predicted molar refractivity (Wildman–Crippen MR) is 69.0 cm³/mol. The van der Waals surface area contributed by atoms with Crippen molar-refractivity contribution in [2.75, 3.05) is 0 Å². The molecule has 0 amide bonds. The van der Waals surface area contributed by atoms with Crippen LogP contribution >= 0.6 is 0 Å². The molecule has 0 bridgehead atoms. The van der Waals surface area contributed by atoms with Crippen LogP contribution in [-0.4, -0.2) is 9.78 Å². The molecule has 0 spiro atoms. The smallest absolute Gasteiger partial charge is 0.271 e. The Morgan fingerprint density at radius 2 is 2.12 bits per heavy atom. The molecule has 1 heterocycles. The van der Waals surface area contributed by atoms with Crippen LogP contribution in [0.4, 0.5) is 0 Å². The van der Waals surface area contributed by atoms with Crippen LogP contribution in [0.15, 0.2) is 52.9 Å². The summed E-state index contributed by atoms with van der Waals surface area (Å²) in [6.07, 6.45) is 8.75. The molecule has 0 radical (unpaired) electrons. The van der Waals surface area contributed by atoms with Crippen molar-refractivity contribution in [2.24, 2.45) is 0 Å². The summed E-state index contributed by atoms with van der Waals surface area (Å²) in [4.78, 5) is 11.7. The average molecular weight is 226 g/mol. The highest BCUT2D eigenvalue weighted by Gasteiger charge is 2.06. The van der Waals surface area contributed by atoms with Gasteiger partial charge in [0.25, 0.3) is 5.56 Å². The molecule has 86 valence electrons. The number of hydrogen-bond acceptors (Lipinski definition) is 1. The van der Waals surface area contributed by atoms with Gasteiger partial charge in [-0.15, -0.1) is 0 Å². The zero-order valence-corrected chi connectivity index (χ0v) is 9.52. The highest BCUT2D eigenvalue weighted by atomic mass is 16.1. The average Bonchev–Trinajstić information content (AvgIpc) is 2.69. The molecular weight excluding hydrogens is 212 g/mol. The van der Waals surface area contributed by atoms with E-state index in [4.69, 9.17) is 0 Å². The van der Waals surface area contributed by atoms with Crippen molar-refractivity contribution >= 4 is 10.9 Å². The van der Waals surface area contributed by atoms with Crippen LogP contribution in [-0.2, 0) is 6.54 Å². The summed E-state index contributed by atoms with van der Waals surface area (Å²) in [6, 6.07) is 7.68. The Balaban J connectivity index is 2.03. The first-order valence-electron chi connectivity index (χ1n) is 5.88. The fourth-order valence-electron chi connectivity index (χ4n) is 2.24. The monoisotopic (exact) mass is 226 g/mol. The number of H-pyrrole nitrogens is 1. The Hall–Kier alpha value is -2.03. The van der Waals surface area contributed by atoms with Gasteiger partial charge in [-0.1, -0.05) is 30.4 Å². The topological polar surface area (TPSA) is 37.8 Å². The number of nitrogens with zero attached hydrogens (tertiary/aromatic N) is 1. The lowest BCUT2D eigenvalue weighted by atomic mass is 10.1. The summed E-state index contributed by atoms with van der Waals surface area (Å²) >= 11 is 0. The lowest BCUT2D eigenvalue weighted by molar-refractivity contribution is 0.696. The Labute approximate surface area is 99.1 Å². The second-order valence-corrected chi connectivity index (χ2v) is 4.30. The maximum absolute atomic E-state index is 11.7. The summed E-state index contributed by atoms with van der Waals surface area (Å²) in [6.45, 7) is 0.735. The fourth-order valence-corrected chi connectivity index (χ4v) is 2.24. The van der Waals surface area contributed by atoms with Crippen molar-refractivity contribution in [3.63, 3.8) is 0 Å². The van der Waals surface area contributed by atoms with E-state index in [9.17, 15) is 4.79 Å². The Morgan fingerprint density at radius 1 is 1.24 bits per heavy atom. The number of nitrogens with one attached hydrogen (secondary N) is 1. The van der Waals surface area contributed by atoms with E-state index in [0.717, 1.165) is 30.3 Å². The van der Waals surface area contributed by atoms with Gasteiger partial charge in [-0.3, -0.25) is 14.6 Å². The summed E-state index contributed by atoms with van der Waals surface area (Å²) in [5, 5.41) is 3.64. The Bertz CT molecular complexity index is 658. The molecule has 1 aliphatic rings. The van der Waals surface area contributed by atoms with Crippen molar-refractivity contribution < 1.29 is 0 Å². The first-order valence-corrected chi connectivity index (χ1v) is 5.88. The molecule has 0 saturated heterocycles. The first kappa shape index (κ1) is 10.1. The van der Waals surface area contributed by atoms with Crippen LogP contribution < -0.4 is 5.56 Å². The minimum Gasteiger partial charge on any atom is -0.280 e. The van der Waals surface area contributed by atoms with Gasteiger partial charge in [0.05, 0.1) is 17.4 Å². The molecule has 1 aromatic heterocycles. The molecule has 3 nitrogen and oxygen atoms in total. The van der Waals surface area contributed by atoms with E-state index in [1.54, 1.807) is 0 Å². The van der Waals surface area contributed by atoms with Crippen molar-refractivity contribution in [2.45, 2.75) is 19.4 Å². The molecule has 3 heteroatoms. The van der Waals surface area contributed by atoms with E-state index in [1.807, 2.05) is 28.9 Å². The van der Waals surface area contributed by atoms with E-state index < -0.39 is 0 Å². The van der Waals surface area contributed by atoms with Gasteiger partial charge in [-0.05, 0) is 30.5 Å². The number of aromatic amines is 1. The van der Waals surface area contributed by atoms with Crippen LogP contribution in [0.25, 0.3) is 10.9 Å². The molecule has 0 saturated carbocycles. The standard InChI is InChI=1S/C14H14N2O/c17-14-12-8-4-5-9-13(12)16(15-14)10-11-6-2-1-3-7-11/h2,4-9H,1,3,10H2,(H,15,17). The van der Waals surface area contributed by atoms with Crippen LogP contribution in [0.2, 0.25) is 0 Å². The van der Waals surface area contributed by atoms with E-state index in [-0.39, 0.29) is 5.56 Å². The number of allylic oxidation sites excluding steroid dienone is 4. The van der Waals surface area contributed by atoms with Gasteiger partial charge >= 0.3 is 0 Å². The second-order valence-electron chi connectivity index (χ2n) is 4.30. The minimum absolute atomic E-state index is 0.0130. The maximum Gasteiger partial charge on any atom is 0.271 e. The molecule has 1 aromatic carbocycles. The number of benzene rings is 1. The van der Waals surface area contributed by atoms with Gasteiger partial charge in [0.2, 0.25) is 0 Å². The van der Waals surface area contributed by atoms with E-state index in [1.165, 1.54) is 5.57 Å². The molecule has 3 rings (SSSR count). The molecule has 0 unspecified atom stereocenters. The zero-order valence-electron chi connectivity index (χ0n) is 9.52. The Morgan fingerprint density at radius 3 is 2.94 bits per heavy atom. The first-order chi connectivity index (χ1) is 8.34. The third-order valence-corrected chi connectivity index (χ3v) is 3.09.